The molecule has 2 atom stereocenters. The van der Waals surface area contributed by atoms with Crippen molar-refractivity contribution in [2.45, 2.75) is 58.1 Å². The Bertz CT molecular complexity index is 515. The van der Waals surface area contributed by atoms with Crippen LogP contribution in [0.3, 0.4) is 0 Å². The monoisotopic (exact) mass is 353 g/mol. The molecule has 1 aliphatic rings. The van der Waals surface area contributed by atoms with Crippen LogP contribution in [0.1, 0.15) is 43.7 Å². The first-order valence-electron chi connectivity index (χ1n) is 9.38. The van der Waals surface area contributed by atoms with Crippen LogP contribution >= 0.6 is 0 Å². The van der Waals surface area contributed by atoms with Gasteiger partial charge in [0, 0.05) is 32.3 Å². The molecular formula is C20H32FNO3. The second kappa shape index (κ2) is 10.1. The highest BCUT2D eigenvalue weighted by Crippen LogP contribution is 2.24. The average molecular weight is 353 g/mol. The van der Waals surface area contributed by atoms with Gasteiger partial charge in [-0.2, -0.15) is 0 Å². The van der Waals surface area contributed by atoms with Crippen LogP contribution in [-0.2, 0) is 11.2 Å². The topological polar surface area (TPSA) is 41.9 Å². The maximum absolute atomic E-state index is 14.5. The van der Waals surface area contributed by atoms with Gasteiger partial charge in [0.05, 0.1) is 19.3 Å². The lowest BCUT2D eigenvalue weighted by Gasteiger charge is -2.37. The molecule has 1 N–H and O–H groups in total. The lowest BCUT2D eigenvalue weighted by Crippen LogP contribution is -2.48. The van der Waals surface area contributed by atoms with Crippen molar-refractivity contribution in [3.63, 3.8) is 0 Å². The molecule has 142 valence electrons. The van der Waals surface area contributed by atoms with E-state index in [2.05, 4.69) is 11.8 Å². The summed E-state index contributed by atoms with van der Waals surface area (Å²) in [4.78, 5) is 2.22. The van der Waals surface area contributed by atoms with Crippen molar-refractivity contribution in [2.75, 3.05) is 33.4 Å². The fourth-order valence-corrected chi connectivity index (χ4v) is 3.47. The van der Waals surface area contributed by atoms with Gasteiger partial charge in [-0.3, -0.25) is 4.90 Å². The Morgan fingerprint density at radius 2 is 2.12 bits per heavy atom. The maximum atomic E-state index is 14.5. The van der Waals surface area contributed by atoms with E-state index in [0.29, 0.717) is 38.0 Å². The number of aryl methyl sites for hydroxylation is 1. The summed E-state index contributed by atoms with van der Waals surface area (Å²) < 4.78 is 25.4. The number of methoxy groups -OCH3 is 1. The van der Waals surface area contributed by atoms with Gasteiger partial charge < -0.3 is 14.6 Å². The van der Waals surface area contributed by atoms with E-state index in [9.17, 15) is 9.50 Å². The molecule has 1 aromatic carbocycles. The minimum Gasteiger partial charge on any atom is -0.493 e. The number of benzene rings is 1. The van der Waals surface area contributed by atoms with Crippen LogP contribution in [0.15, 0.2) is 12.1 Å². The van der Waals surface area contributed by atoms with Crippen LogP contribution < -0.4 is 4.74 Å². The summed E-state index contributed by atoms with van der Waals surface area (Å²) in [6.07, 6.45) is 4.08. The fourth-order valence-electron chi connectivity index (χ4n) is 3.47. The number of halogens is 1. The minimum atomic E-state index is -0.298. The number of piperidine rings is 1. The predicted octanol–water partition coefficient (Wildman–Crippen LogP) is 3.33. The summed E-state index contributed by atoms with van der Waals surface area (Å²) in [6, 6.07) is 3.72. The number of hydrogen-bond acceptors (Lipinski definition) is 4. The summed E-state index contributed by atoms with van der Waals surface area (Å²) in [5, 5.41) is 9.94. The number of ether oxygens (including phenoxy) is 2. The maximum Gasteiger partial charge on any atom is 0.130 e. The molecule has 5 heteroatoms. The average Bonchev–Trinajstić information content (AvgIpc) is 2.57. The largest absolute Gasteiger partial charge is 0.493 e. The van der Waals surface area contributed by atoms with Crippen molar-refractivity contribution in [3.8, 4) is 5.75 Å². The SMILES string of the molecule is CCCCOc1cc(C)c(CCN2C[C@H](O)CC[C@@H]2COC)c(F)c1. The second-order valence-electron chi connectivity index (χ2n) is 6.99. The van der Waals surface area contributed by atoms with E-state index in [4.69, 9.17) is 9.47 Å². The first kappa shape index (κ1) is 20.1. The van der Waals surface area contributed by atoms with Crippen molar-refractivity contribution in [1.29, 1.82) is 0 Å². The molecule has 0 amide bonds. The number of aliphatic hydroxyl groups is 1. The van der Waals surface area contributed by atoms with Crippen LogP contribution in [-0.4, -0.2) is 55.6 Å². The second-order valence-corrected chi connectivity index (χ2v) is 6.99. The normalized spacial score (nSPS) is 21.5. The summed E-state index contributed by atoms with van der Waals surface area (Å²) in [6.45, 7) is 6.67. The van der Waals surface area contributed by atoms with Gasteiger partial charge in [0.25, 0.3) is 0 Å². The quantitative estimate of drug-likeness (QED) is 0.692. The molecule has 2 rings (SSSR count). The molecule has 1 saturated heterocycles. The molecule has 25 heavy (non-hydrogen) atoms. The van der Waals surface area contributed by atoms with Crippen LogP contribution in [0.25, 0.3) is 0 Å². The Balaban J connectivity index is 1.99. The molecule has 0 radical (unpaired) electrons. The zero-order valence-electron chi connectivity index (χ0n) is 15.8. The predicted molar refractivity (Wildman–Crippen MR) is 97.7 cm³/mol. The van der Waals surface area contributed by atoms with Gasteiger partial charge in [-0.25, -0.2) is 4.39 Å². The van der Waals surface area contributed by atoms with E-state index < -0.39 is 0 Å². The number of hydrogen-bond donors (Lipinski definition) is 1. The first-order valence-corrected chi connectivity index (χ1v) is 9.38. The minimum absolute atomic E-state index is 0.202. The molecule has 1 fully saturated rings. The van der Waals surface area contributed by atoms with Crippen molar-refractivity contribution >= 4 is 0 Å². The van der Waals surface area contributed by atoms with Gasteiger partial charge in [0.1, 0.15) is 11.6 Å². The van der Waals surface area contributed by atoms with E-state index in [1.54, 1.807) is 7.11 Å². The van der Waals surface area contributed by atoms with Crippen LogP contribution in [0, 0.1) is 12.7 Å². The molecular weight excluding hydrogens is 321 g/mol. The summed E-state index contributed by atoms with van der Waals surface area (Å²) in [5.41, 5.74) is 1.66. The van der Waals surface area contributed by atoms with Gasteiger partial charge in [0.2, 0.25) is 0 Å². The Hall–Kier alpha value is -1.17. The third-order valence-electron chi connectivity index (χ3n) is 4.96. The third-order valence-corrected chi connectivity index (χ3v) is 4.96. The summed E-state index contributed by atoms with van der Waals surface area (Å²) >= 11 is 0. The van der Waals surface area contributed by atoms with Gasteiger partial charge in [-0.1, -0.05) is 13.3 Å². The number of likely N-dealkylation sites (tertiary alicyclic amines) is 1. The van der Waals surface area contributed by atoms with E-state index in [-0.39, 0.29) is 11.9 Å². The third kappa shape index (κ3) is 5.94. The molecule has 0 bridgehead atoms. The standard InChI is InChI=1S/C20H32FNO3/c1-4-5-10-25-18-11-15(2)19(20(21)12-18)8-9-22-13-17(23)7-6-16(22)14-24-3/h11-12,16-17,23H,4-10,13-14H2,1-3H3/t16-,17-/m1/s1. The number of nitrogens with zero attached hydrogens (tertiary/aromatic N) is 1. The zero-order chi connectivity index (χ0) is 18.2. The van der Waals surface area contributed by atoms with E-state index >= 15 is 0 Å². The highest BCUT2D eigenvalue weighted by atomic mass is 19.1. The van der Waals surface area contributed by atoms with Gasteiger partial charge in [0.15, 0.2) is 0 Å². The lowest BCUT2D eigenvalue weighted by molar-refractivity contribution is 0.00492. The summed E-state index contributed by atoms with van der Waals surface area (Å²) in [7, 11) is 1.70. The van der Waals surface area contributed by atoms with Crippen LogP contribution in [0.4, 0.5) is 4.39 Å². The van der Waals surface area contributed by atoms with Gasteiger partial charge >= 0.3 is 0 Å². The molecule has 1 aromatic rings. The molecule has 1 aliphatic heterocycles. The van der Waals surface area contributed by atoms with Crippen molar-refractivity contribution in [2.24, 2.45) is 0 Å². The number of β-amino-alcohol motifs (C(OH)–C–C–N with tert-alkyl or cyclic N) is 1. The molecule has 0 unspecified atom stereocenters. The molecule has 0 saturated carbocycles. The Morgan fingerprint density at radius 1 is 1.32 bits per heavy atom. The Morgan fingerprint density at radius 3 is 2.80 bits per heavy atom. The zero-order valence-corrected chi connectivity index (χ0v) is 15.8. The van der Waals surface area contributed by atoms with Crippen molar-refractivity contribution in [3.05, 3.63) is 29.1 Å². The molecule has 1 heterocycles. The van der Waals surface area contributed by atoms with Crippen LogP contribution in [0.2, 0.25) is 0 Å². The molecule has 0 aliphatic carbocycles. The number of aliphatic hydroxyl groups excluding tert-OH is 1. The highest BCUT2D eigenvalue weighted by molar-refractivity contribution is 5.36. The van der Waals surface area contributed by atoms with E-state index in [0.717, 1.165) is 43.4 Å². The van der Waals surface area contributed by atoms with Crippen LogP contribution in [0.5, 0.6) is 5.75 Å². The summed E-state index contributed by atoms with van der Waals surface area (Å²) in [5.74, 6) is 0.408. The number of unbranched alkanes of at least 4 members (excludes halogenated alkanes) is 1. The van der Waals surface area contributed by atoms with E-state index in [1.165, 1.54) is 6.07 Å². The molecule has 0 spiro atoms. The lowest BCUT2D eigenvalue weighted by atomic mass is 9.98. The highest BCUT2D eigenvalue weighted by Gasteiger charge is 2.27. The van der Waals surface area contributed by atoms with E-state index in [1.807, 2.05) is 13.0 Å². The number of rotatable bonds is 9. The smallest absolute Gasteiger partial charge is 0.130 e. The molecule has 4 nitrogen and oxygen atoms in total. The van der Waals surface area contributed by atoms with Gasteiger partial charge in [-0.15, -0.1) is 0 Å². The Kier molecular flexibility index (Phi) is 8.13. The fraction of sp³-hybridized carbons (Fsp3) is 0.700. The van der Waals surface area contributed by atoms with Gasteiger partial charge in [-0.05, 0) is 49.8 Å². The van der Waals surface area contributed by atoms with Crippen molar-refractivity contribution < 1.29 is 19.0 Å². The first-order chi connectivity index (χ1) is 12.0. The van der Waals surface area contributed by atoms with Crippen molar-refractivity contribution in [1.82, 2.24) is 4.90 Å². The molecule has 0 aromatic heterocycles. The Labute approximate surface area is 150 Å².